The fourth-order valence-corrected chi connectivity index (χ4v) is 9.19. The molecule has 2 heterocycles. The molecular weight excluding hydrogens is 681 g/mol. The van der Waals surface area contributed by atoms with E-state index in [9.17, 15) is 0 Å². The maximum atomic E-state index is 6.65. The van der Waals surface area contributed by atoms with Crippen molar-refractivity contribution in [3.05, 3.63) is 194 Å². The molecule has 0 bridgehead atoms. The van der Waals surface area contributed by atoms with Crippen LogP contribution in [0.25, 0.3) is 121 Å². The van der Waals surface area contributed by atoms with Crippen molar-refractivity contribution in [1.82, 2.24) is 0 Å². The van der Waals surface area contributed by atoms with Crippen LogP contribution in [-0.4, -0.2) is 0 Å². The van der Waals surface area contributed by atoms with Gasteiger partial charge in [-0.1, -0.05) is 176 Å². The second-order valence-corrected chi connectivity index (χ2v) is 14.7. The van der Waals surface area contributed by atoms with E-state index in [1.807, 2.05) is 12.1 Å². The van der Waals surface area contributed by atoms with E-state index in [1.54, 1.807) is 0 Å². The lowest BCUT2D eigenvalue weighted by Crippen LogP contribution is -1.93. The minimum atomic E-state index is 0.874. The van der Waals surface area contributed by atoms with Gasteiger partial charge >= 0.3 is 0 Å². The first-order valence-corrected chi connectivity index (χ1v) is 19.2. The van der Waals surface area contributed by atoms with Crippen LogP contribution in [0.4, 0.5) is 0 Å². The third kappa shape index (κ3) is 4.57. The van der Waals surface area contributed by atoms with Crippen LogP contribution in [-0.2, 0) is 0 Å². The van der Waals surface area contributed by atoms with Gasteiger partial charge < -0.3 is 8.83 Å². The summed E-state index contributed by atoms with van der Waals surface area (Å²) in [6.45, 7) is 0. The van der Waals surface area contributed by atoms with Gasteiger partial charge in [-0.2, -0.15) is 0 Å². The van der Waals surface area contributed by atoms with Gasteiger partial charge in [-0.3, -0.25) is 0 Å². The first kappa shape index (κ1) is 31.0. The molecule has 12 aromatic rings. The topological polar surface area (TPSA) is 26.3 Å². The maximum Gasteiger partial charge on any atom is 0.143 e. The summed E-state index contributed by atoms with van der Waals surface area (Å²) in [5, 5.41) is 13.0. The standard InChI is InChI=1S/C54H32O2/c1-4-15-38-33(12-1)28-30-45(52(38)49-32-37-14-3-10-23-47(37)55-49)51-43-19-8-6-17-41(43)50(42-18-7-9-20-44(42)51)36-26-24-35(25-27-36)40-21-11-22-46-53-39-16-5-2-13-34(39)29-31-48(53)56-54(40)46/h1-32H. The zero-order chi connectivity index (χ0) is 36.7. The van der Waals surface area contributed by atoms with E-state index >= 15 is 0 Å². The molecule has 0 aliphatic heterocycles. The van der Waals surface area contributed by atoms with Crippen LogP contribution < -0.4 is 0 Å². The summed E-state index contributed by atoms with van der Waals surface area (Å²) in [5.74, 6) is 0.874. The molecule has 0 atom stereocenters. The Balaban J connectivity index is 1.07. The quantitative estimate of drug-likeness (QED) is 0.170. The van der Waals surface area contributed by atoms with Crippen LogP contribution in [0.3, 0.4) is 0 Å². The molecule has 56 heavy (non-hydrogen) atoms. The Morgan fingerprint density at radius 1 is 0.286 bits per heavy atom. The van der Waals surface area contributed by atoms with Crippen molar-refractivity contribution in [2.24, 2.45) is 0 Å². The Morgan fingerprint density at radius 3 is 1.55 bits per heavy atom. The summed E-state index contributed by atoms with van der Waals surface area (Å²) in [7, 11) is 0. The van der Waals surface area contributed by atoms with Gasteiger partial charge in [0.1, 0.15) is 22.5 Å². The summed E-state index contributed by atoms with van der Waals surface area (Å²) < 4.78 is 13.3. The van der Waals surface area contributed by atoms with Gasteiger partial charge in [-0.05, 0) is 89.1 Å². The Hall–Kier alpha value is -7.42. The first-order valence-electron chi connectivity index (χ1n) is 19.2. The largest absolute Gasteiger partial charge is 0.456 e. The number of hydrogen-bond acceptors (Lipinski definition) is 2. The highest BCUT2D eigenvalue weighted by Crippen LogP contribution is 2.49. The summed E-state index contributed by atoms with van der Waals surface area (Å²) in [6, 6.07) is 69.7. The molecule has 0 aliphatic carbocycles. The van der Waals surface area contributed by atoms with Crippen molar-refractivity contribution >= 4 is 76.0 Å². The van der Waals surface area contributed by atoms with Gasteiger partial charge in [0.2, 0.25) is 0 Å². The highest BCUT2D eigenvalue weighted by Gasteiger charge is 2.22. The van der Waals surface area contributed by atoms with Gasteiger partial charge in [0, 0.05) is 27.3 Å². The molecule has 12 rings (SSSR count). The van der Waals surface area contributed by atoms with E-state index in [0.717, 1.165) is 55.5 Å². The highest BCUT2D eigenvalue weighted by molar-refractivity contribution is 6.24. The normalized spacial score (nSPS) is 11.9. The Bertz CT molecular complexity index is 3440. The zero-order valence-electron chi connectivity index (χ0n) is 30.3. The minimum Gasteiger partial charge on any atom is -0.456 e. The fourth-order valence-electron chi connectivity index (χ4n) is 9.19. The summed E-state index contributed by atoms with van der Waals surface area (Å²) in [6.07, 6.45) is 0. The van der Waals surface area contributed by atoms with E-state index in [-0.39, 0.29) is 0 Å². The molecule has 260 valence electrons. The van der Waals surface area contributed by atoms with Gasteiger partial charge in [0.25, 0.3) is 0 Å². The van der Waals surface area contributed by atoms with Crippen LogP contribution in [0.15, 0.2) is 203 Å². The summed E-state index contributed by atoms with van der Waals surface area (Å²) >= 11 is 0. The molecule has 0 N–H and O–H groups in total. The van der Waals surface area contributed by atoms with E-state index in [4.69, 9.17) is 8.83 Å². The van der Waals surface area contributed by atoms with Crippen LogP contribution in [0.1, 0.15) is 0 Å². The van der Waals surface area contributed by atoms with Crippen molar-refractivity contribution in [1.29, 1.82) is 0 Å². The average Bonchev–Trinajstić information content (AvgIpc) is 3.87. The molecular formula is C54H32O2. The number of furan rings is 2. The summed E-state index contributed by atoms with van der Waals surface area (Å²) in [4.78, 5) is 0. The second-order valence-electron chi connectivity index (χ2n) is 14.7. The molecule has 0 radical (unpaired) electrons. The van der Waals surface area contributed by atoms with Crippen LogP contribution in [0.2, 0.25) is 0 Å². The maximum absolute atomic E-state index is 6.65. The van der Waals surface area contributed by atoms with E-state index in [2.05, 4.69) is 182 Å². The lowest BCUT2D eigenvalue weighted by Gasteiger charge is -2.20. The number of para-hydroxylation sites is 2. The predicted octanol–water partition coefficient (Wildman–Crippen LogP) is 15.6. The van der Waals surface area contributed by atoms with Gasteiger partial charge in [-0.15, -0.1) is 0 Å². The van der Waals surface area contributed by atoms with Crippen molar-refractivity contribution in [2.75, 3.05) is 0 Å². The monoisotopic (exact) mass is 712 g/mol. The first-order chi connectivity index (χ1) is 27.8. The molecule has 10 aromatic carbocycles. The minimum absolute atomic E-state index is 0.874. The molecule has 0 spiro atoms. The molecule has 0 aliphatic rings. The van der Waals surface area contributed by atoms with E-state index in [0.29, 0.717) is 0 Å². The van der Waals surface area contributed by atoms with Crippen LogP contribution in [0.5, 0.6) is 0 Å². The lowest BCUT2D eigenvalue weighted by atomic mass is 9.83. The Labute approximate surface area is 322 Å². The Kier molecular flexibility index (Phi) is 6.66. The number of fused-ring (bicyclic) bond motifs is 9. The van der Waals surface area contributed by atoms with E-state index in [1.165, 1.54) is 65.2 Å². The van der Waals surface area contributed by atoms with Crippen molar-refractivity contribution in [2.45, 2.75) is 0 Å². The van der Waals surface area contributed by atoms with Gasteiger partial charge in [0.15, 0.2) is 0 Å². The molecule has 0 fully saturated rings. The molecule has 2 nitrogen and oxygen atoms in total. The fraction of sp³-hybridized carbons (Fsp3) is 0. The van der Waals surface area contributed by atoms with Gasteiger partial charge in [0.05, 0.1) is 0 Å². The molecule has 0 saturated carbocycles. The van der Waals surface area contributed by atoms with Crippen molar-refractivity contribution < 1.29 is 8.83 Å². The van der Waals surface area contributed by atoms with Crippen LogP contribution >= 0.6 is 0 Å². The number of benzene rings is 10. The van der Waals surface area contributed by atoms with Crippen molar-refractivity contribution in [3.63, 3.8) is 0 Å². The second kappa shape index (κ2) is 12.0. The molecule has 2 aromatic heterocycles. The smallest absolute Gasteiger partial charge is 0.143 e. The summed E-state index contributed by atoms with van der Waals surface area (Å²) in [5.41, 5.74) is 10.8. The SMILES string of the molecule is c1ccc2oc(-c3c(-c4c5ccccc5c(-c5ccc(-c6cccc7c6oc6ccc8ccccc8c67)cc5)c5ccccc45)ccc4ccccc34)cc2c1. The molecule has 0 unspecified atom stereocenters. The van der Waals surface area contributed by atoms with E-state index < -0.39 is 0 Å². The third-order valence-electron chi connectivity index (χ3n) is 11.7. The lowest BCUT2D eigenvalue weighted by molar-refractivity contribution is 0.632. The average molecular weight is 713 g/mol. The molecule has 0 saturated heterocycles. The van der Waals surface area contributed by atoms with Gasteiger partial charge in [-0.25, -0.2) is 0 Å². The van der Waals surface area contributed by atoms with Crippen LogP contribution in [0, 0.1) is 0 Å². The molecule has 2 heteroatoms. The number of rotatable bonds is 4. The zero-order valence-corrected chi connectivity index (χ0v) is 30.3. The molecule has 0 amide bonds. The highest BCUT2D eigenvalue weighted by atomic mass is 16.3. The van der Waals surface area contributed by atoms with Crippen molar-refractivity contribution in [3.8, 4) is 44.7 Å². The Morgan fingerprint density at radius 2 is 0.839 bits per heavy atom. The predicted molar refractivity (Wildman–Crippen MR) is 235 cm³/mol. The third-order valence-corrected chi connectivity index (χ3v) is 11.7. The number of hydrogen-bond donors (Lipinski definition) is 0.